The van der Waals surface area contributed by atoms with Gasteiger partial charge in [0.2, 0.25) is 0 Å². The highest BCUT2D eigenvalue weighted by molar-refractivity contribution is 9.09. The van der Waals surface area contributed by atoms with Crippen LogP contribution in [-0.2, 0) is 6.42 Å². The van der Waals surface area contributed by atoms with Crippen molar-refractivity contribution in [3.8, 4) is 6.07 Å². The van der Waals surface area contributed by atoms with Crippen molar-refractivity contribution < 1.29 is 14.6 Å². The van der Waals surface area contributed by atoms with E-state index < -0.39 is 18.0 Å². The quantitative estimate of drug-likeness (QED) is 0.828. The van der Waals surface area contributed by atoms with E-state index in [4.69, 9.17) is 5.26 Å². The minimum atomic E-state index is -1.29. The monoisotopic (exact) mass is 287 g/mol. The lowest BCUT2D eigenvalue weighted by Gasteiger charge is -2.17. The standard InChI is InChI=1S/C11H11BrFNO2/c12-6-10(15)11(16)8-5-7(3-4-14)1-2-9(8)13/h1-2,5,10-11,15-16H,3,6H2. The first-order valence-corrected chi connectivity index (χ1v) is 5.79. The molecule has 2 atom stereocenters. The SMILES string of the molecule is N#CCc1ccc(F)c(C(O)C(O)CBr)c1. The Morgan fingerprint density at radius 1 is 1.44 bits per heavy atom. The van der Waals surface area contributed by atoms with Crippen LogP contribution in [0.5, 0.6) is 0 Å². The lowest BCUT2D eigenvalue weighted by Crippen LogP contribution is -2.20. The zero-order valence-electron chi connectivity index (χ0n) is 8.40. The van der Waals surface area contributed by atoms with Crippen molar-refractivity contribution in [2.24, 2.45) is 0 Å². The van der Waals surface area contributed by atoms with Gasteiger partial charge in [-0.25, -0.2) is 4.39 Å². The summed E-state index contributed by atoms with van der Waals surface area (Å²) < 4.78 is 13.4. The maximum atomic E-state index is 13.4. The number of alkyl halides is 1. The Balaban J connectivity index is 3.02. The van der Waals surface area contributed by atoms with Gasteiger partial charge in [0.05, 0.1) is 18.6 Å². The Bertz CT molecular complexity index is 405. The zero-order chi connectivity index (χ0) is 12.1. The smallest absolute Gasteiger partial charge is 0.129 e. The summed E-state index contributed by atoms with van der Waals surface area (Å²) in [6.45, 7) is 0. The van der Waals surface area contributed by atoms with Crippen LogP contribution in [0.1, 0.15) is 17.2 Å². The number of hydrogen-bond donors (Lipinski definition) is 2. The minimum absolute atomic E-state index is 0.0136. The number of halogens is 2. The first-order valence-electron chi connectivity index (χ1n) is 4.67. The molecule has 0 heterocycles. The van der Waals surface area contributed by atoms with Gasteiger partial charge in [-0.3, -0.25) is 0 Å². The molecule has 3 nitrogen and oxygen atoms in total. The van der Waals surface area contributed by atoms with Gasteiger partial charge in [-0.15, -0.1) is 0 Å². The van der Waals surface area contributed by atoms with E-state index in [2.05, 4.69) is 15.9 Å². The average molecular weight is 288 g/mol. The summed E-state index contributed by atoms with van der Waals surface area (Å²) in [6, 6.07) is 6.00. The highest BCUT2D eigenvalue weighted by atomic mass is 79.9. The molecule has 0 aliphatic heterocycles. The molecule has 0 saturated heterocycles. The summed E-state index contributed by atoms with van der Waals surface area (Å²) in [5.74, 6) is -0.589. The number of rotatable bonds is 4. The van der Waals surface area contributed by atoms with E-state index in [1.165, 1.54) is 18.2 Å². The van der Waals surface area contributed by atoms with E-state index >= 15 is 0 Å². The molecular weight excluding hydrogens is 277 g/mol. The molecule has 1 aromatic rings. The van der Waals surface area contributed by atoms with Gasteiger partial charge in [0.25, 0.3) is 0 Å². The third kappa shape index (κ3) is 3.01. The summed E-state index contributed by atoms with van der Waals surface area (Å²) in [6.07, 6.45) is -2.23. The normalized spacial score (nSPS) is 14.2. The molecule has 0 aromatic heterocycles. The summed E-state index contributed by atoms with van der Waals surface area (Å²) in [7, 11) is 0. The molecule has 0 fully saturated rings. The number of aliphatic hydroxyl groups is 2. The molecule has 5 heteroatoms. The number of aliphatic hydroxyl groups excluding tert-OH is 2. The second-order valence-corrected chi connectivity index (χ2v) is 4.00. The Morgan fingerprint density at radius 3 is 2.69 bits per heavy atom. The third-order valence-corrected chi connectivity index (χ3v) is 2.85. The highest BCUT2D eigenvalue weighted by Gasteiger charge is 2.20. The molecule has 2 unspecified atom stereocenters. The van der Waals surface area contributed by atoms with Gasteiger partial charge >= 0.3 is 0 Å². The molecule has 0 radical (unpaired) electrons. The van der Waals surface area contributed by atoms with Crippen molar-refractivity contribution in [3.05, 3.63) is 35.1 Å². The maximum absolute atomic E-state index is 13.4. The van der Waals surface area contributed by atoms with Crippen LogP contribution in [0.4, 0.5) is 4.39 Å². The first kappa shape index (κ1) is 13.1. The van der Waals surface area contributed by atoms with Crippen LogP contribution in [0.15, 0.2) is 18.2 Å². The largest absolute Gasteiger partial charge is 0.389 e. The molecular formula is C11H11BrFNO2. The van der Waals surface area contributed by atoms with Crippen LogP contribution in [0.25, 0.3) is 0 Å². The third-order valence-electron chi connectivity index (χ3n) is 2.18. The van der Waals surface area contributed by atoms with Crippen molar-refractivity contribution in [3.63, 3.8) is 0 Å². The van der Waals surface area contributed by atoms with Crippen LogP contribution in [0.3, 0.4) is 0 Å². The lowest BCUT2D eigenvalue weighted by molar-refractivity contribution is 0.0319. The summed E-state index contributed by atoms with van der Waals surface area (Å²) in [5.41, 5.74) is 0.624. The molecule has 0 bridgehead atoms. The Morgan fingerprint density at radius 2 is 2.12 bits per heavy atom. The van der Waals surface area contributed by atoms with Crippen LogP contribution >= 0.6 is 15.9 Å². The van der Waals surface area contributed by atoms with Gasteiger partial charge in [-0.2, -0.15) is 5.26 Å². The van der Waals surface area contributed by atoms with Crippen molar-refractivity contribution >= 4 is 15.9 Å². The topological polar surface area (TPSA) is 64.2 Å². The number of nitriles is 1. The van der Waals surface area contributed by atoms with E-state index in [9.17, 15) is 14.6 Å². The molecule has 1 rings (SSSR count). The molecule has 16 heavy (non-hydrogen) atoms. The molecule has 0 aliphatic carbocycles. The van der Waals surface area contributed by atoms with E-state index in [-0.39, 0.29) is 17.3 Å². The second kappa shape index (κ2) is 5.94. The Hall–Kier alpha value is -0.960. The minimum Gasteiger partial charge on any atom is -0.389 e. The lowest BCUT2D eigenvalue weighted by atomic mass is 10.0. The highest BCUT2D eigenvalue weighted by Crippen LogP contribution is 2.22. The van der Waals surface area contributed by atoms with Gasteiger partial charge in [0, 0.05) is 10.9 Å². The van der Waals surface area contributed by atoms with Crippen LogP contribution in [-0.4, -0.2) is 21.6 Å². The van der Waals surface area contributed by atoms with E-state index in [0.29, 0.717) is 5.56 Å². The second-order valence-electron chi connectivity index (χ2n) is 3.36. The van der Waals surface area contributed by atoms with Gasteiger partial charge < -0.3 is 10.2 Å². The molecule has 86 valence electrons. The summed E-state index contributed by atoms with van der Waals surface area (Å²) in [5, 5.41) is 27.7. The zero-order valence-corrected chi connectivity index (χ0v) is 9.98. The fraction of sp³-hybridized carbons (Fsp3) is 0.364. The van der Waals surface area contributed by atoms with Crippen molar-refractivity contribution in [1.82, 2.24) is 0 Å². The van der Waals surface area contributed by atoms with Crippen LogP contribution in [0, 0.1) is 17.1 Å². The molecule has 0 saturated carbocycles. The van der Waals surface area contributed by atoms with Crippen LogP contribution in [0.2, 0.25) is 0 Å². The first-order chi connectivity index (χ1) is 7.60. The van der Waals surface area contributed by atoms with Gasteiger partial charge in [-0.05, 0) is 17.7 Å². The number of benzene rings is 1. The molecule has 0 spiro atoms. The van der Waals surface area contributed by atoms with E-state index in [1.807, 2.05) is 6.07 Å². The van der Waals surface area contributed by atoms with Crippen molar-refractivity contribution in [2.45, 2.75) is 18.6 Å². The molecule has 1 aromatic carbocycles. The predicted molar refractivity (Wildman–Crippen MR) is 60.5 cm³/mol. The molecule has 0 amide bonds. The maximum Gasteiger partial charge on any atom is 0.129 e. The Labute approximate surface area is 101 Å². The molecule has 2 N–H and O–H groups in total. The van der Waals surface area contributed by atoms with E-state index in [0.717, 1.165) is 0 Å². The fourth-order valence-electron chi connectivity index (χ4n) is 1.31. The summed E-state index contributed by atoms with van der Waals surface area (Å²) >= 11 is 3.00. The van der Waals surface area contributed by atoms with Gasteiger partial charge in [0.1, 0.15) is 11.9 Å². The summed E-state index contributed by atoms with van der Waals surface area (Å²) in [4.78, 5) is 0. The average Bonchev–Trinajstić information content (AvgIpc) is 2.30. The predicted octanol–water partition coefficient (Wildman–Crippen LogP) is 1.68. The molecule has 0 aliphatic rings. The van der Waals surface area contributed by atoms with Crippen molar-refractivity contribution in [2.75, 3.05) is 5.33 Å². The number of hydrogen-bond acceptors (Lipinski definition) is 3. The van der Waals surface area contributed by atoms with Crippen molar-refractivity contribution in [1.29, 1.82) is 5.26 Å². The fourth-order valence-corrected chi connectivity index (χ4v) is 1.67. The van der Waals surface area contributed by atoms with Gasteiger partial charge in [-0.1, -0.05) is 22.0 Å². The van der Waals surface area contributed by atoms with E-state index in [1.54, 1.807) is 0 Å². The van der Waals surface area contributed by atoms with Crippen LogP contribution < -0.4 is 0 Å². The number of nitrogens with zero attached hydrogens (tertiary/aromatic N) is 1. The Kier molecular flexibility index (Phi) is 4.87. The van der Waals surface area contributed by atoms with Gasteiger partial charge in [0.15, 0.2) is 0 Å².